The first-order valence-corrected chi connectivity index (χ1v) is 4.65. The molecule has 0 fully saturated rings. The second kappa shape index (κ2) is 2.95. The average molecular weight is 197 g/mol. The largest absolute Gasteiger partial charge is 0.294 e. The van der Waals surface area contributed by atoms with Crippen LogP contribution < -0.4 is 0 Å². The molecule has 72 valence electrons. The topological polar surface area (TPSA) is 54.1 Å². The van der Waals surface area contributed by atoms with Crippen LogP contribution in [0.2, 0.25) is 0 Å². The minimum Gasteiger partial charge on any atom is -0.294 e. The summed E-state index contributed by atoms with van der Waals surface area (Å²) in [6, 6.07) is 0. The smallest absolute Gasteiger partial charge is 0.171 e. The van der Waals surface area contributed by atoms with Crippen molar-refractivity contribution in [1.82, 2.24) is 0 Å². The Morgan fingerprint density at radius 3 is 3.13 bits per heavy atom. The summed E-state index contributed by atoms with van der Waals surface area (Å²) < 4.78 is 0. The number of carbonyl (C=O) groups excluding carboxylic acids is 1. The Balaban J connectivity index is 2.28. The normalized spacial score (nSPS) is 22.3. The van der Waals surface area contributed by atoms with Crippen molar-refractivity contribution in [1.29, 1.82) is 0 Å². The fraction of sp³-hybridized carbons (Fsp3) is 0.0909. The molecule has 3 rings (SSSR count). The van der Waals surface area contributed by atoms with Crippen LogP contribution in [0.1, 0.15) is 6.42 Å². The summed E-state index contributed by atoms with van der Waals surface area (Å²) in [5.74, 6) is 0.0571. The van der Waals surface area contributed by atoms with E-state index in [1.54, 1.807) is 24.6 Å². The first-order chi connectivity index (χ1) is 7.36. The van der Waals surface area contributed by atoms with E-state index < -0.39 is 0 Å². The molecule has 2 aliphatic heterocycles. The predicted octanol–water partition coefficient (Wildman–Crippen LogP) is 2.09. The Morgan fingerprint density at radius 1 is 1.27 bits per heavy atom. The van der Waals surface area contributed by atoms with Gasteiger partial charge in [0.25, 0.3) is 0 Å². The SMILES string of the molecule is O=C1CC2=NC=CC2=C2N=NC=CC=C12. The average Bonchev–Trinajstić information content (AvgIpc) is 2.54. The number of Topliss-reactive ketones (excluding diaryl/α,β-unsaturated/α-hetero) is 1. The maximum Gasteiger partial charge on any atom is 0.171 e. The molecule has 0 amide bonds. The van der Waals surface area contributed by atoms with Crippen LogP contribution in [0, 0.1) is 0 Å². The second-order valence-corrected chi connectivity index (χ2v) is 3.39. The van der Waals surface area contributed by atoms with Gasteiger partial charge in [0.05, 0.1) is 12.1 Å². The molecule has 4 heteroatoms. The Bertz CT molecular complexity index is 530. The second-order valence-electron chi connectivity index (χ2n) is 3.39. The van der Waals surface area contributed by atoms with Gasteiger partial charge in [0, 0.05) is 23.5 Å². The maximum atomic E-state index is 11.8. The zero-order valence-electron chi connectivity index (χ0n) is 7.84. The monoisotopic (exact) mass is 197 g/mol. The van der Waals surface area contributed by atoms with Gasteiger partial charge in [-0.3, -0.25) is 9.79 Å². The third-order valence-corrected chi connectivity index (χ3v) is 2.49. The van der Waals surface area contributed by atoms with Crippen LogP contribution in [-0.2, 0) is 4.79 Å². The molecule has 0 saturated heterocycles. The highest BCUT2D eigenvalue weighted by molar-refractivity contribution is 6.23. The van der Waals surface area contributed by atoms with E-state index in [4.69, 9.17) is 0 Å². The van der Waals surface area contributed by atoms with Crippen molar-refractivity contribution in [3.8, 4) is 0 Å². The van der Waals surface area contributed by atoms with Crippen molar-refractivity contribution >= 4 is 11.5 Å². The number of hydrogen-bond donors (Lipinski definition) is 0. The summed E-state index contributed by atoms with van der Waals surface area (Å²) in [7, 11) is 0. The molecule has 0 aromatic heterocycles. The Hall–Kier alpha value is -2.10. The van der Waals surface area contributed by atoms with Crippen LogP contribution in [0.4, 0.5) is 0 Å². The molecule has 3 aliphatic rings. The van der Waals surface area contributed by atoms with Gasteiger partial charge in [-0.2, -0.15) is 5.11 Å². The number of fused-ring (bicyclic) bond motifs is 2. The number of allylic oxidation sites excluding steroid dienone is 5. The minimum absolute atomic E-state index is 0.0571. The summed E-state index contributed by atoms with van der Waals surface area (Å²) in [5, 5.41) is 7.88. The van der Waals surface area contributed by atoms with Crippen LogP contribution in [0.15, 0.2) is 62.7 Å². The molecule has 0 radical (unpaired) electrons. The molecule has 0 unspecified atom stereocenters. The van der Waals surface area contributed by atoms with Crippen LogP contribution >= 0.6 is 0 Å². The van der Waals surface area contributed by atoms with E-state index in [1.165, 1.54) is 0 Å². The van der Waals surface area contributed by atoms with Gasteiger partial charge < -0.3 is 0 Å². The van der Waals surface area contributed by atoms with Crippen LogP contribution in [0.25, 0.3) is 0 Å². The molecule has 15 heavy (non-hydrogen) atoms. The van der Waals surface area contributed by atoms with Crippen molar-refractivity contribution in [2.45, 2.75) is 6.42 Å². The highest BCUT2D eigenvalue weighted by Gasteiger charge is 2.29. The molecule has 0 aromatic rings. The summed E-state index contributed by atoms with van der Waals surface area (Å²) >= 11 is 0. The first kappa shape index (κ1) is 8.23. The predicted molar refractivity (Wildman–Crippen MR) is 55.3 cm³/mol. The van der Waals surface area contributed by atoms with Crippen LogP contribution in [0.5, 0.6) is 0 Å². The van der Waals surface area contributed by atoms with E-state index >= 15 is 0 Å². The van der Waals surface area contributed by atoms with E-state index in [9.17, 15) is 4.79 Å². The zero-order chi connectivity index (χ0) is 10.3. The number of rotatable bonds is 0. The summed E-state index contributed by atoms with van der Waals surface area (Å²) in [5.41, 5.74) is 3.00. The highest BCUT2D eigenvalue weighted by atomic mass is 16.1. The number of aliphatic imine (C=N–C) groups is 1. The van der Waals surface area contributed by atoms with Gasteiger partial charge in [-0.15, -0.1) is 5.11 Å². The molecule has 0 N–H and O–H groups in total. The maximum absolute atomic E-state index is 11.8. The van der Waals surface area contributed by atoms with Crippen molar-refractivity contribution in [2.24, 2.45) is 15.2 Å². The number of azo groups is 1. The molecule has 0 aromatic carbocycles. The minimum atomic E-state index is 0.0571. The van der Waals surface area contributed by atoms with Gasteiger partial charge in [-0.05, 0) is 18.2 Å². The Morgan fingerprint density at radius 2 is 2.20 bits per heavy atom. The Kier molecular flexibility index (Phi) is 1.62. The molecule has 0 bridgehead atoms. The molecule has 0 saturated carbocycles. The fourth-order valence-electron chi connectivity index (χ4n) is 1.80. The molecule has 2 heterocycles. The zero-order valence-corrected chi connectivity index (χ0v) is 7.84. The first-order valence-electron chi connectivity index (χ1n) is 4.65. The summed E-state index contributed by atoms with van der Waals surface area (Å²) in [4.78, 5) is 15.9. The van der Waals surface area contributed by atoms with Crippen LogP contribution in [0.3, 0.4) is 0 Å². The lowest BCUT2D eigenvalue weighted by atomic mass is 9.90. The van der Waals surface area contributed by atoms with Gasteiger partial charge >= 0.3 is 0 Å². The lowest BCUT2D eigenvalue weighted by Crippen LogP contribution is -2.19. The fourth-order valence-corrected chi connectivity index (χ4v) is 1.80. The summed E-state index contributed by atoms with van der Waals surface area (Å²) in [6.45, 7) is 0. The van der Waals surface area contributed by atoms with E-state index in [0.717, 1.165) is 11.3 Å². The number of carbonyl (C=O) groups is 1. The standard InChI is InChI=1S/C11H7N3O/c15-10-6-9-7(3-5-12-9)11-8(10)2-1-4-13-14-11/h1-5H,6H2. The summed E-state index contributed by atoms with van der Waals surface area (Å²) in [6.07, 6.45) is 8.98. The van der Waals surface area contributed by atoms with Gasteiger partial charge in [0.2, 0.25) is 0 Å². The lowest BCUT2D eigenvalue weighted by molar-refractivity contribution is -0.114. The number of ketones is 1. The number of hydrogen-bond acceptors (Lipinski definition) is 4. The van der Waals surface area contributed by atoms with Gasteiger partial charge in [-0.1, -0.05) is 0 Å². The molecule has 0 spiro atoms. The molecular formula is C11H7N3O. The van der Waals surface area contributed by atoms with E-state index in [0.29, 0.717) is 17.7 Å². The van der Waals surface area contributed by atoms with Crippen LogP contribution in [-0.4, -0.2) is 11.5 Å². The van der Waals surface area contributed by atoms with Crippen molar-refractivity contribution in [3.63, 3.8) is 0 Å². The lowest BCUT2D eigenvalue weighted by Gasteiger charge is -2.15. The Labute approximate surface area is 86.1 Å². The molecule has 0 atom stereocenters. The number of nitrogens with zero attached hydrogens (tertiary/aromatic N) is 3. The quantitative estimate of drug-likeness (QED) is 0.586. The van der Waals surface area contributed by atoms with E-state index in [1.807, 2.05) is 6.08 Å². The third kappa shape index (κ3) is 1.15. The van der Waals surface area contributed by atoms with Crippen molar-refractivity contribution in [2.75, 3.05) is 0 Å². The third-order valence-electron chi connectivity index (χ3n) is 2.49. The van der Waals surface area contributed by atoms with Gasteiger partial charge in [-0.25, -0.2) is 0 Å². The van der Waals surface area contributed by atoms with E-state index in [-0.39, 0.29) is 5.78 Å². The van der Waals surface area contributed by atoms with Gasteiger partial charge in [0.1, 0.15) is 5.70 Å². The highest BCUT2D eigenvalue weighted by Crippen LogP contribution is 2.31. The molecular weight excluding hydrogens is 190 g/mol. The van der Waals surface area contributed by atoms with Crippen molar-refractivity contribution in [3.05, 3.63) is 47.5 Å². The van der Waals surface area contributed by atoms with Gasteiger partial charge in [0.15, 0.2) is 5.78 Å². The van der Waals surface area contributed by atoms with Crippen molar-refractivity contribution < 1.29 is 4.79 Å². The molecule has 4 nitrogen and oxygen atoms in total. The molecule has 1 aliphatic carbocycles. The van der Waals surface area contributed by atoms with E-state index in [2.05, 4.69) is 15.2 Å².